The van der Waals surface area contributed by atoms with E-state index in [0.717, 1.165) is 66.8 Å². The van der Waals surface area contributed by atoms with Crippen LogP contribution in [-0.2, 0) is 0 Å². The van der Waals surface area contributed by atoms with E-state index < -0.39 is 0 Å². The zero-order valence-corrected chi connectivity index (χ0v) is 37.3. The first-order chi connectivity index (χ1) is 33.7. The summed E-state index contributed by atoms with van der Waals surface area (Å²) in [5.41, 5.74) is 21.1. The summed E-state index contributed by atoms with van der Waals surface area (Å²) in [7, 11) is 0. The monoisotopic (exact) mass is 867 g/mol. The highest BCUT2D eigenvalue weighted by atomic mass is 16.3. The summed E-state index contributed by atoms with van der Waals surface area (Å²) < 4.78 is 6.51. The standard InChI is InChI=1S/C66H45NO/c1-6-19-46(20-7-1)48-33-38-55(39-34-48)67(56-40-35-51(36-41-56)57-30-18-31-59-58-29-16-17-32-64(58)68-66(57)59)63-42-37-53(43-60(63)49-23-10-3-11-24-49)62-45-54(47-21-8-2-9-22-47)44-61(50-25-12-4-13-26-50)65(62)52-27-14-5-15-28-52/h1-45H. The molecule has 0 unspecified atom stereocenters. The topological polar surface area (TPSA) is 16.4 Å². The molecule has 0 aliphatic rings. The largest absolute Gasteiger partial charge is 0.455 e. The molecule has 12 rings (SSSR count). The van der Waals surface area contributed by atoms with Crippen molar-refractivity contribution >= 4 is 39.0 Å². The molecule has 1 aromatic heterocycles. The molecule has 320 valence electrons. The maximum atomic E-state index is 6.51. The predicted octanol–water partition coefficient (Wildman–Crippen LogP) is 18.7. The molecule has 0 spiro atoms. The van der Waals surface area contributed by atoms with Gasteiger partial charge >= 0.3 is 0 Å². The number of nitrogens with zero attached hydrogens (tertiary/aromatic N) is 1. The summed E-state index contributed by atoms with van der Waals surface area (Å²) in [6.45, 7) is 0. The average Bonchev–Trinajstić information content (AvgIpc) is 3.81. The van der Waals surface area contributed by atoms with Crippen molar-refractivity contribution in [2.75, 3.05) is 4.90 Å². The number of hydrogen-bond donors (Lipinski definition) is 0. The van der Waals surface area contributed by atoms with E-state index in [0.29, 0.717) is 0 Å². The Hall–Kier alpha value is -8.98. The van der Waals surface area contributed by atoms with Gasteiger partial charge in [0.25, 0.3) is 0 Å². The maximum absolute atomic E-state index is 6.51. The van der Waals surface area contributed by atoms with Gasteiger partial charge in [-0.25, -0.2) is 0 Å². The molecular weight excluding hydrogens is 823 g/mol. The molecule has 1 heterocycles. The van der Waals surface area contributed by atoms with Crippen molar-refractivity contribution in [2.24, 2.45) is 0 Å². The van der Waals surface area contributed by atoms with Crippen LogP contribution < -0.4 is 4.90 Å². The van der Waals surface area contributed by atoms with Gasteiger partial charge in [-0.05, 0) is 121 Å². The van der Waals surface area contributed by atoms with Crippen LogP contribution in [-0.4, -0.2) is 0 Å². The Kier molecular flexibility index (Phi) is 10.6. The Morgan fingerprint density at radius 3 is 1.26 bits per heavy atom. The maximum Gasteiger partial charge on any atom is 0.143 e. The zero-order chi connectivity index (χ0) is 45.2. The molecule has 0 saturated carbocycles. The van der Waals surface area contributed by atoms with E-state index in [2.05, 4.69) is 266 Å². The van der Waals surface area contributed by atoms with Crippen molar-refractivity contribution in [3.63, 3.8) is 0 Å². The molecule has 0 fully saturated rings. The lowest BCUT2D eigenvalue weighted by molar-refractivity contribution is 0.670. The van der Waals surface area contributed by atoms with Crippen LogP contribution in [0.25, 0.3) is 99.8 Å². The van der Waals surface area contributed by atoms with E-state index >= 15 is 0 Å². The fraction of sp³-hybridized carbons (Fsp3) is 0. The zero-order valence-electron chi connectivity index (χ0n) is 37.3. The summed E-state index contributed by atoms with van der Waals surface area (Å²) in [4.78, 5) is 2.40. The SMILES string of the molecule is c1ccc(-c2ccc(N(c3ccc(-c4cccc5c4oc4ccccc45)cc3)c3ccc(-c4cc(-c5ccccc5)cc(-c5ccccc5)c4-c4ccccc4)cc3-c3ccccc3)cc2)cc1. The Labute approximate surface area is 397 Å². The van der Waals surface area contributed by atoms with Crippen LogP contribution in [0.4, 0.5) is 17.1 Å². The van der Waals surface area contributed by atoms with Crippen LogP contribution in [0.2, 0.25) is 0 Å². The van der Waals surface area contributed by atoms with Crippen LogP contribution in [0.3, 0.4) is 0 Å². The minimum absolute atomic E-state index is 0.896. The summed E-state index contributed by atoms with van der Waals surface area (Å²) in [5, 5.41) is 2.25. The predicted molar refractivity (Wildman–Crippen MR) is 286 cm³/mol. The third-order valence-electron chi connectivity index (χ3n) is 13.1. The lowest BCUT2D eigenvalue weighted by atomic mass is 9.84. The number of fused-ring (bicyclic) bond motifs is 3. The second-order valence-corrected chi connectivity index (χ2v) is 17.2. The molecule has 12 aromatic rings. The lowest BCUT2D eigenvalue weighted by Gasteiger charge is -2.29. The van der Waals surface area contributed by atoms with Gasteiger partial charge in [-0.15, -0.1) is 0 Å². The quantitative estimate of drug-likeness (QED) is 0.136. The smallest absolute Gasteiger partial charge is 0.143 e. The molecule has 0 aliphatic carbocycles. The van der Waals surface area contributed by atoms with Crippen LogP contribution in [0.1, 0.15) is 0 Å². The number of rotatable bonds is 10. The van der Waals surface area contributed by atoms with Crippen LogP contribution in [0.15, 0.2) is 277 Å². The number of para-hydroxylation sites is 2. The third-order valence-corrected chi connectivity index (χ3v) is 13.1. The van der Waals surface area contributed by atoms with Gasteiger partial charge in [0.2, 0.25) is 0 Å². The number of anilines is 3. The van der Waals surface area contributed by atoms with E-state index in [4.69, 9.17) is 4.42 Å². The second-order valence-electron chi connectivity index (χ2n) is 17.2. The van der Waals surface area contributed by atoms with Gasteiger partial charge in [-0.1, -0.05) is 218 Å². The van der Waals surface area contributed by atoms with Gasteiger partial charge in [-0.2, -0.15) is 0 Å². The van der Waals surface area contributed by atoms with Gasteiger partial charge in [0.05, 0.1) is 5.69 Å². The summed E-state index contributed by atoms with van der Waals surface area (Å²) in [6.07, 6.45) is 0. The normalized spacial score (nSPS) is 11.2. The first kappa shape index (κ1) is 40.5. The van der Waals surface area contributed by atoms with E-state index in [1.807, 2.05) is 12.1 Å². The van der Waals surface area contributed by atoms with Crippen molar-refractivity contribution in [1.82, 2.24) is 0 Å². The Bertz CT molecular complexity index is 3680. The van der Waals surface area contributed by atoms with Crippen molar-refractivity contribution in [3.8, 4) is 77.9 Å². The molecule has 11 aromatic carbocycles. The van der Waals surface area contributed by atoms with E-state index in [1.54, 1.807) is 0 Å². The van der Waals surface area contributed by atoms with Crippen LogP contribution in [0, 0.1) is 0 Å². The minimum atomic E-state index is 0.896. The van der Waals surface area contributed by atoms with Crippen molar-refractivity contribution in [1.29, 1.82) is 0 Å². The molecule has 68 heavy (non-hydrogen) atoms. The van der Waals surface area contributed by atoms with Crippen LogP contribution in [0.5, 0.6) is 0 Å². The van der Waals surface area contributed by atoms with E-state index in [1.165, 1.54) is 50.1 Å². The van der Waals surface area contributed by atoms with Gasteiger partial charge in [-0.3, -0.25) is 0 Å². The van der Waals surface area contributed by atoms with Crippen molar-refractivity contribution in [3.05, 3.63) is 273 Å². The minimum Gasteiger partial charge on any atom is -0.455 e. The van der Waals surface area contributed by atoms with Crippen molar-refractivity contribution < 1.29 is 4.42 Å². The molecule has 0 atom stereocenters. The Morgan fingerprint density at radius 2 is 0.662 bits per heavy atom. The Balaban J connectivity index is 1.07. The molecular formula is C66H45NO. The summed E-state index contributed by atoms with van der Waals surface area (Å²) in [6, 6.07) is 98.2. The molecule has 0 radical (unpaired) electrons. The molecule has 0 bridgehead atoms. The van der Waals surface area contributed by atoms with Gasteiger partial charge in [0.15, 0.2) is 0 Å². The summed E-state index contributed by atoms with van der Waals surface area (Å²) >= 11 is 0. The third kappa shape index (κ3) is 7.64. The first-order valence-electron chi connectivity index (χ1n) is 23.2. The molecule has 0 saturated heterocycles. The lowest BCUT2D eigenvalue weighted by Crippen LogP contribution is -2.11. The molecule has 2 nitrogen and oxygen atoms in total. The van der Waals surface area contributed by atoms with Crippen LogP contribution >= 0.6 is 0 Å². The molecule has 0 N–H and O–H groups in total. The number of hydrogen-bond acceptors (Lipinski definition) is 2. The second kappa shape index (κ2) is 17.8. The highest BCUT2D eigenvalue weighted by Crippen LogP contribution is 2.48. The van der Waals surface area contributed by atoms with Gasteiger partial charge < -0.3 is 9.32 Å². The fourth-order valence-electron chi connectivity index (χ4n) is 9.80. The summed E-state index contributed by atoms with van der Waals surface area (Å²) in [5.74, 6) is 0. The Morgan fingerprint density at radius 1 is 0.250 bits per heavy atom. The van der Waals surface area contributed by atoms with Crippen molar-refractivity contribution in [2.45, 2.75) is 0 Å². The first-order valence-corrected chi connectivity index (χ1v) is 23.2. The highest BCUT2D eigenvalue weighted by molar-refractivity contribution is 6.09. The van der Waals surface area contributed by atoms with Gasteiger partial charge in [0, 0.05) is 33.3 Å². The van der Waals surface area contributed by atoms with E-state index in [9.17, 15) is 0 Å². The molecule has 0 amide bonds. The van der Waals surface area contributed by atoms with Gasteiger partial charge in [0.1, 0.15) is 11.2 Å². The average molecular weight is 868 g/mol. The number of benzene rings is 11. The molecule has 0 aliphatic heterocycles. The van der Waals surface area contributed by atoms with E-state index in [-0.39, 0.29) is 0 Å². The molecule has 2 heteroatoms. The highest BCUT2D eigenvalue weighted by Gasteiger charge is 2.22. The fourth-order valence-corrected chi connectivity index (χ4v) is 9.80. The number of furan rings is 1.